The number of pyridine rings is 1. The first kappa shape index (κ1) is 11.3. The van der Waals surface area contributed by atoms with Gasteiger partial charge in [0.25, 0.3) is 0 Å². The van der Waals surface area contributed by atoms with Crippen molar-refractivity contribution in [3.63, 3.8) is 0 Å². The van der Waals surface area contributed by atoms with Gasteiger partial charge in [0.2, 0.25) is 0 Å². The summed E-state index contributed by atoms with van der Waals surface area (Å²) in [6.07, 6.45) is 4.41. The lowest BCUT2D eigenvalue weighted by Gasteiger charge is -2.18. The van der Waals surface area contributed by atoms with Crippen molar-refractivity contribution >= 4 is 16.9 Å². The third-order valence-electron chi connectivity index (χ3n) is 3.41. The van der Waals surface area contributed by atoms with Gasteiger partial charge in [-0.15, -0.1) is 0 Å². The number of aryl methyl sites for hydroxylation is 1. The molecule has 94 valence electrons. The predicted molar refractivity (Wildman–Crippen MR) is 69.5 cm³/mol. The molecule has 0 saturated carbocycles. The number of nitrogens with zero attached hydrogens (tertiary/aromatic N) is 4. The van der Waals surface area contributed by atoms with Crippen LogP contribution in [0.15, 0.2) is 18.5 Å². The topological polar surface area (TPSA) is 62.1 Å². The maximum atomic E-state index is 9.22. The summed E-state index contributed by atoms with van der Waals surface area (Å²) < 4.78 is 0. The quantitative estimate of drug-likeness (QED) is 0.858. The van der Waals surface area contributed by atoms with Gasteiger partial charge in [-0.25, -0.2) is 9.97 Å². The van der Waals surface area contributed by atoms with Crippen LogP contribution in [0.4, 0.5) is 5.82 Å². The molecule has 0 aromatic carbocycles. The maximum Gasteiger partial charge on any atom is 0.157 e. The van der Waals surface area contributed by atoms with E-state index in [0.29, 0.717) is 5.92 Å². The van der Waals surface area contributed by atoms with Gasteiger partial charge in [0, 0.05) is 43.7 Å². The van der Waals surface area contributed by atoms with Gasteiger partial charge in [0.1, 0.15) is 5.52 Å². The molecule has 1 N–H and O–H groups in total. The van der Waals surface area contributed by atoms with E-state index >= 15 is 0 Å². The van der Waals surface area contributed by atoms with Crippen molar-refractivity contribution in [1.82, 2.24) is 15.0 Å². The number of aromatic nitrogens is 3. The first-order valence-electron chi connectivity index (χ1n) is 6.22. The van der Waals surface area contributed by atoms with Gasteiger partial charge >= 0.3 is 0 Å². The van der Waals surface area contributed by atoms with Crippen molar-refractivity contribution in [3.05, 3.63) is 24.2 Å². The van der Waals surface area contributed by atoms with E-state index in [-0.39, 0.29) is 6.61 Å². The molecule has 1 aliphatic rings. The van der Waals surface area contributed by atoms with Crippen LogP contribution in [0.1, 0.15) is 12.1 Å². The summed E-state index contributed by atoms with van der Waals surface area (Å²) in [7, 11) is 0. The Morgan fingerprint density at radius 1 is 1.39 bits per heavy atom. The normalized spacial score (nSPS) is 19.7. The number of hydrogen-bond acceptors (Lipinski definition) is 5. The zero-order chi connectivity index (χ0) is 12.5. The highest BCUT2D eigenvalue weighted by Gasteiger charge is 2.24. The average molecular weight is 244 g/mol. The second kappa shape index (κ2) is 4.49. The summed E-state index contributed by atoms with van der Waals surface area (Å²) in [5, 5.41) is 9.22. The van der Waals surface area contributed by atoms with E-state index in [4.69, 9.17) is 0 Å². The maximum absolute atomic E-state index is 9.22. The van der Waals surface area contributed by atoms with Crippen LogP contribution in [0, 0.1) is 12.8 Å². The number of aliphatic hydroxyl groups excluding tert-OH is 1. The van der Waals surface area contributed by atoms with Crippen molar-refractivity contribution in [2.45, 2.75) is 13.3 Å². The van der Waals surface area contributed by atoms with Gasteiger partial charge in [0.05, 0.1) is 5.52 Å². The van der Waals surface area contributed by atoms with Crippen molar-refractivity contribution in [2.24, 2.45) is 5.92 Å². The SMILES string of the molecule is Cc1cc2nccnc2c(N2CC[C@@H](CO)C2)n1. The van der Waals surface area contributed by atoms with Crippen LogP contribution in [-0.4, -0.2) is 39.8 Å². The molecule has 18 heavy (non-hydrogen) atoms. The minimum Gasteiger partial charge on any atom is -0.396 e. The lowest BCUT2D eigenvalue weighted by Crippen LogP contribution is -2.22. The van der Waals surface area contributed by atoms with Crippen LogP contribution in [-0.2, 0) is 0 Å². The molecule has 2 aromatic heterocycles. The summed E-state index contributed by atoms with van der Waals surface area (Å²) in [5.41, 5.74) is 2.68. The third-order valence-corrected chi connectivity index (χ3v) is 3.41. The Kier molecular flexibility index (Phi) is 2.83. The second-order valence-corrected chi connectivity index (χ2v) is 4.79. The fourth-order valence-corrected chi connectivity index (χ4v) is 2.47. The molecule has 2 aromatic rings. The fourth-order valence-electron chi connectivity index (χ4n) is 2.47. The Balaban J connectivity index is 2.06. The van der Waals surface area contributed by atoms with Crippen LogP contribution >= 0.6 is 0 Å². The van der Waals surface area contributed by atoms with E-state index in [2.05, 4.69) is 19.9 Å². The number of anilines is 1. The minimum absolute atomic E-state index is 0.242. The lowest BCUT2D eigenvalue weighted by atomic mass is 10.1. The lowest BCUT2D eigenvalue weighted by molar-refractivity contribution is 0.238. The number of hydrogen-bond donors (Lipinski definition) is 1. The van der Waals surface area contributed by atoms with Gasteiger partial charge in [0.15, 0.2) is 5.82 Å². The monoisotopic (exact) mass is 244 g/mol. The van der Waals surface area contributed by atoms with Crippen LogP contribution < -0.4 is 4.90 Å². The van der Waals surface area contributed by atoms with Crippen molar-refractivity contribution in [3.8, 4) is 0 Å². The highest BCUT2D eigenvalue weighted by molar-refractivity contribution is 5.85. The molecule has 0 unspecified atom stereocenters. The summed E-state index contributed by atoms with van der Waals surface area (Å²) in [6.45, 7) is 3.98. The molecule has 1 saturated heterocycles. The standard InChI is InChI=1S/C13H16N4O/c1-9-6-11-12(15-4-3-14-11)13(16-9)17-5-2-10(7-17)8-18/h3-4,6,10,18H,2,5,7-8H2,1H3/t10-/m1/s1. The molecule has 5 nitrogen and oxygen atoms in total. The van der Waals surface area contributed by atoms with Gasteiger partial charge < -0.3 is 10.0 Å². The van der Waals surface area contributed by atoms with Gasteiger partial charge in [-0.2, -0.15) is 0 Å². The molecule has 1 atom stereocenters. The van der Waals surface area contributed by atoms with Gasteiger partial charge in [-0.3, -0.25) is 4.98 Å². The number of rotatable bonds is 2. The summed E-state index contributed by atoms with van der Waals surface area (Å²) in [5.74, 6) is 1.24. The van der Waals surface area contributed by atoms with E-state index in [0.717, 1.165) is 42.1 Å². The fraction of sp³-hybridized carbons (Fsp3) is 0.462. The largest absolute Gasteiger partial charge is 0.396 e. The molecular formula is C13H16N4O. The van der Waals surface area contributed by atoms with Gasteiger partial charge in [-0.1, -0.05) is 0 Å². The van der Waals surface area contributed by atoms with Crippen LogP contribution in [0.2, 0.25) is 0 Å². The Morgan fingerprint density at radius 2 is 2.22 bits per heavy atom. The minimum atomic E-state index is 0.242. The molecule has 3 heterocycles. The Bertz CT molecular complexity index is 572. The van der Waals surface area contributed by atoms with Crippen LogP contribution in [0.25, 0.3) is 11.0 Å². The van der Waals surface area contributed by atoms with Crippen LogP contribution in [0.3, 0.4) is 0 Å². The summed E-state index contributed by atoms with van der Waals surface area (Å²) >= 11 is 0. The summed E-state index contributed by atoms with van der Waals surface area (Å²) in [6, 6.07) is 1.95. The highest BCUT2D eigenvalue weighted by atomic mass is 16.3. The average Bonchev–Trinajstić information content (AvgIpc) is 2.86. The summed E-state index contributed by atoms with van der Waals surface area (Å²) in [4.78, 5) is 15.5. The van der Waals surface area contributed by atoms with Crippen molar-refractivity contribution in [2.75, 3.05) is 24.6 Å². The Hall–Kier alpha value is -1.75. The zero-order valence-corrected chi connectivity index (χ0v) is 10.4. The zero-order valence-electron chi connectivity index (χ0n) is 10.4. The van der Waals surface area contributed by atoms with E-state index in [1.165, 1.54) is 0 Å². The first-order chi connectivity index (χ1) is 8.78. The molecule has 3 rings (SSSR count). The van der Waals surface area contributed by atoms with Crippen molar-refractivity contribution in [1.29, 1.82) is 0 Å². The molecule has 1 aliphatic heterocycles. The molecule has 0 bridgehead atoms. The molecule has 0 amide bonds. The first-order valence-corrected chi connectivity index (χ1v) is 6.22. The predicted octanol–water partition coefficient (Wildman–Crippen LogP) is 1.15. The highest BCUT2D eigenvalue weighted by Crippen LogP contribution is 2.27. The second-order valence-electron chi connectivity index (χ2n) is 4.79. The molecular weight excluding hydrogens is 228 g/mol. The Labute approximate surface area is 106 Å². The molecule has 5 heteroatoms. The molecule has 0 spiro atoms. The molecule has 1 fully saturated rings. The molecule has 0 aliphatic carbocycles. The van der Waals surface area contributed by atoms with E-state index in [9.17, 15) is 5.11 Å². The third kappa shape index (κ3) is 1.90. The van der Waals surface area contributed by atoms with E-state index < -0.39 is 0 Å². The van der Waals surface area contributed by atoms with Crippen LogP contribution in [0.5, 0.6) is 0 Å². The number of aliphatic hydroxyl groups is 1. The smallest absolute Gasteiger partial charge is 0.157 e. The molecule has 0 radical (unpaired) electrons. The Morgan fingerprint density at radius 3 is 3.00 bits per heavy atom. The van der Waals surface area contributed by atoms with Crippen molar-refractivity contribution < 1.29 is 5.11 Å². The van der Waals surface area contributed by atoms with E-state index in [1.54, 1.807) is 12.4 Å². The van der Waals surface area contributed by atoms with Gasteiger partial charge in [-0.05, 0) is 19.4 Å². The number of fused-ring (bicyclic) bond motifs is 1. The van der Waals surface area contributed by atoms with E-state index in [1.807, 2.05) is 13.0 Å².